The maximum absolute atomic E-state index is 12.1. The van der Waals surface area contributed by atoms with Crippen molar-refractivity contribution >= 4 is 11.7 Å². The maximum Gasteiger partial charge on any atom is 0.220 e. The van der Waals surface area contributed by atoms with Gasteiger partial charge in [0.15, 0.2) is 5.78 Å². The summed E-state index contributed by atoms with van der Waals surface area (Å²) >= 11 is 0. The number of hydrogen-bond acceptors (Lipinski definition) is 4. The molecule has 2 rings (SSSR count). The van der Waals surface area contributed by atoms with E-state index < -0.39 is 0 Å². The zero-order valence-corrected chi connectivity index (χ0v) is 14.4. The van der Waals surface area contributed by atoms with E-state index in [1.165, 1.54) is 19.8 Å². The molecule has 0 spiro atoms. The number of nitrogens with one attached hydrogen (secondary N) is 1. The highest BCUT2D eigenvalue weighted by molar-refractivity contribution is 5.94. The molecule has 0 bridgehead atoms. The molecule has 0 radical (unpaired) electrons. The summed E-state index contributed by atoms with van der Waals surface area (Å²) < 4.78 is 5.61. The van der Waals surface area contributed by atoms with Crippen LogP contribution in [0.4, 0.5) is 0 Å². The van der Waals surface area contributed by atoms with E-state index in [0.29, 0.717) is 37.5 Å². The number of carbonyl (C=O) groups excluding carboxylic acids is 2. The molecule has 132 valence electrons. The fraction of sp³-hybridized carbons (Fsp3) is 0.579. The lowest BCUT2D eigenvalue weighted by Crippen LogP contribution is -2.44. The Morgan fingerprint density at radius 1 is 1.21 bits per heavy atom. The summed E-state index contributed by atoms with van der Waals surface area (Å²) in [4.78, 5) is 23.3. The van der Waals surface area contributed by atoms with Gasteiger partial charge >= 0.3 is 0 Å². The van der Waals surface area contributed by atoms with Crippen LogP contribution in [0.25, 0.3) is 0 Å². The summed E-state index contributed by atoms with van der Waals surface area (Å²) in [7, 11) is 0. The van der Waals surface area contributed by atoms with E-state index >= 15 is 0 Å². The lowest BCUT2D eigenvalue weighted by atomic mass is 9.84. The molecule has 1 aromatic carbocycles. The third kappa shape index (κ3) is 5.64. The molecule has 0 saturated heterocycles. The molecule has 1 saturated carbocycles. The van der Waals surface area contributed by atoms with Crippen molar-refractivity contribution in [3.63, 3.8) is 0 Å². The zero-order valence-electron chi connectivity index (χ0n) is 14.4. The summed E-state index contributed by atoms with van der Waals surface area (Å²) in [5.74, 6) is 1.25. The third-order valence-electron chi connectivity index (χ3n) is 4.64. The Labute approximate surface area is 143 Å². The fourth-order valence-corrected chi connectivity index (χ4v) is 3.17. The van der Waals surface area contributed by atoms with Crippen LogP contribution < -0.4 is 15.8 Å². The van der Waals surface area contributed by atoms with E-state index in [9.17, 15) is 9.59 Å². The maximum atomic E-state index is 12.1. The first-order valence-corrected chi connectivity index (χ1v) is 8.83. The molecule has 1 fully saturated rings. The molecule has 0 aliphatic heterocycles. The Hall–Kier alpha value is -1.88. The highest BCUT2D eigenvalue weighted by Gasteiger charge is 2.24. The molecule has 1 aliphatic carbocycles. The molecule has 2 unspecified atom stereocenters. The van der Waals surface area contributed by atoms with Gasteiger partial charge < -0.3 is 15.8 Å². The minimum absolute atomic E-state index is 0.0386. The second-order valence-corrected chi connectivity index (χ2v) is 6.49. The highest BCUT2D eigenvalue weighted by Crippen LogP contribution is 2.23. The number of rotatable bonds is 8. The van der Waals surface area contributed by atoms with E-state index in [0.717, 1.165) is 18.6 Å². The van der Waals surface area contributed by atoms with Crippen molar-refractivity contribution in [2.75, 3.05) is 13.2 Å². The number of carbonyl (C=O) groups is 2. The molecule has 5 nitrogen and oxygen atoms in total. The number of ether oxygens (including phenoxy) is 1. The van der Waals surface area contributed by atoms with Gasteiger partial charge in [0.25, 0.3) is 0 Å². The van der Waals surface area contributed by atoms with Crippen LogP contribution in [-0.4, -0.2) is 30.9 Å². The second kappa shape index (κ2) is 9.42. The first-order valence-electron chi connectivity index (χ1n) is 8.83. The summed E-state index contributed by atoms with van der Waals surface area (Å²) in [5, 5.41) is 3.13. The van der Waals surface area contributed by atoms with Crippen LogP contribution in [0.2, 0.25) is 0 Å². The Morgan fingerprint density at radius 2 is 1.92 bits per heavy atom. The van der Waals surface area contributed by atoms with Crippen LogP contribution in [-0.2, 0) is 4.79 Å². The van der Waals surface area contributed by atoms with Gasteiger partial charge in [-0.1, -0.05) is 12.8 Å². The van der Waals surface area contributed by atoms with Gasteiger partial charge in [-0.25, -0.2) is 0 Å². The fourth-order valence-electron chi connectivity index (χ4n) is 3.17. The Balaban J connectivity index is 1.66. The average molecular weight is 332 g/mol. The van der Waals surface area contributed by atoms with Crippen molar-refractivity contribution < 1.29 is 14.3 Å². The van der Waals surface area contributed by atoms with Gasteiger partial charge in [-0.2, -0.15) is 0 Å². The van der Waals surface area contributed by atoms with E-state index in [1.54, 1.807) is 24.3 Å². The summed E-state index contributed by atoms with van der Waals surface area (Å²) in [6.45, 7) is 2.66. The van der Waals surface area contributed by atoms with E-state index in [4.69, 9.17) is 10.5 Å². The topological polar surface area (TPSA) is 81.4 Å². The summed E-state index contributed by atoms with van der Waals surface area (Å²) in [5.41, 5.74) is 6.46. The molecule has 1 aliphatic rings. The standard InChI is InChI=1S/C19H28N2O3/c1-14(22)15-8-10-17(11-9-15)24-12-4-7-19(23)21-18-6-3-2-5-16(18)13-20/h8-11,16,18H,2-7,12-13,20H2,1H3,(H,21,23). The molecule has 1 amide bonds. The largest absolute Gasteiger partial charge is 0.494 e. The van der Waals surface area contributed by atoms with Crippen LogP contribution in [0, 0.1) is 5.92 Å². The minimum atomic E-state index is 0.0386. The van der Waals surface area contributed by atoms with E-state index in [-0.39, 0.29) is 17.7 Å². The molecule has 3 N–H and O–H groups in total. The number of amides is 1. The quantitative estimate of drug-likeness (QED) is 0.566. The van der Waals surface area contributed by atoms with Crippen molar-refractivity contribution in [2.45, 2.75) is 51.5 Å². The van der Waals surface area contributed by atoms with E-state index in [2.05, 4.69) is 5.32 Å². The van der Waals surface area contributed by atoms with Crippen molar-refractivity contribution in [3.05, 3.63) is 29.8 Å². The SMILES string of the molecule is CC(=O)c1ccc(OCCCC(=O)NC2CCCCC2CN)cc1. The Morgan fingerprint density at radius 3 is 2.58 bits per heavy atom. The smallest absolute Gasteiger partial charge is 0.220 e. The van der Waals surface area contributed by atoms with Gasteiger partial charge in [0.05, 0.1) is 6.61 Å². The summed E-state index contributed by atoms with van der Waals surface area (Å²) in [6.07, 6.45) is 5.65. The second-order valence-electron chi connectivity index (χ2n) is 6.49. The Bertz CT molecular complexity index is 542. The highest BCUT2D eigenvalue weighted by atomic mass is 16.5. The first kappa shape index (κ1) is 18.5. The predicted octanol–water partition coefficient (Wildman–Crippen LogP) is 2.68. The number of hydrogen-bond donors (Lipinski definition) is 2. The molecular formula is C19H28N2O3. The molecule has 2 atom stereocenters. The van der Waals surface area contributed by atoms with Crippen molar-refractivity contribution in [1.82, 2.24) is 5.32 Å². The average Bonchev–Trinajstić information content (AvgIpc) is 2.59. The normalized spacial score (nSPS) is 20.4. The number of benzene rings is 1. The van der Waals surface area contributed by atoms with Gasteiger partial charge in [0, 0.05) is 18.0 Å². The number of Topliss-reactive ketones (excluding diaryl/α,β-unsaturated/α-hetero) is 1. The predicted molar refractivity (Wildman–Crippen MR) is 94.1 cm³/mol. The molecule has 0 aromatic heterocycles. The van der Waals surface area contributed by atoms with Crippen molar-refractivity contribution in [2.24, 2.45) is 11.7 Å². The lowest BCUT2D eigenvalue weighted by molar-refractivity contribution is -0.122. The van der Waals surface area contributed by atoms with Gasteiger partial charge in [-0.05, 0) is 62.9 Å². The van der Waals surface area contributed by atoms with Crippen molar-refractivity contribution in [1.29, 1.82) is 0 Å². The van der Waals surface area contributed by atoms with Gasteiger partial charge in [0.2, 0.25) is 5.91 Å². The van der Waals surface area contributed by atoms with E-state index in [1.807, 2.05) is 0 Å². The van der Waals surface area contributed by atoms with Crippen LogP contribution in [0.15, 0.2) is 24.3 Å². The number of nitrogens with two attached hydrogens (primary N) is 1. The van der Waals surface area contributed by atoms with Crippen LogP contribution in [0.5, 0.6) is 5.75 Å². The van der Waals surface area contributed by atoms with Gasteiger partial charge in [0.1, 0.15) is 5.75 Å². The van der Waals surface area contributed by atoms with Crippen LogP contribution >= 0.6 is 0 Å². The first-order chi connectivity index (χ1) is 11.6. The van der Waals surface area contributed by atoms with Crippen molar-refractivity contribution in [3.8, 4) is 5.75 Å². The molecular weight excluding hydrogens is 304 g/mol. The summed E-state index contributed by atoms with van der Waals surface area (Å²) in [6, 6.07) is 7.30. The minimum Gasteiger partial charge on any atom is -0.494 e. The molecule has 5 heteroatoms. The lowest BCUT2D eigenvalue weighted by Gasteiger charge is -2.31. The molecule has 24 heavy (non-hydrogen) atoms. The Kier molecular flexibility index (Phi) is 7.25. The molecule has 1 aromatic rings. The monoisotopic (exact) mass is 332 g/mol. The number of ketones is 1. The zero-order chi connectivity index (χ0) is 17.4. The molecule has 0 heterocycles. The van der Waals surface area contributed by atoms with Crippen LogP contribution in [0.3, 0.4) is 0 Å². The van der Waals surface area contributed by atoms with Gasteiger partial charge in [-0.3, -0.25) is 9.59 Å². The van der Waals surface area contributed by atoms with Gasteiger partial charge in [-0.15, -0.1) is 0 Å². The van der Waals surface area contributed by atoms with Crippen LogP contribution in [0.1, 0.15) is 55.8 Å². The third-order valence-corrected chi connectivity index (χ3v) is 4.64.